The molecule has 3 rings (SSSR count). The number of rotatable bonds is 1. The minimum absolute atomic E-state index is 0.0956. The van der Waals surface area contributed by atoms with Gasteiger partial charge in [0.05, 0.1) is 5.60 Å². The molecule has 22 heavy (non-hydrogen) atoms. The second-order valence-corrected chi connectivity index (χ2v) is 7.02. The van der Waals surface area contributed by atoms with Crippen molar-refractivity contribution in [3.05, 3.63) is 24.3 Å². The fourth-order valence-electron chi connectivity index (χ4n) is 4.42. The zero-order valence-electron chi connectivity index (χ0n) is 13.0. The van der Waals surface area contributed by atoms with Gasteiger partial charge >= 0.3 is 11.9 Å². The predicted octanol–water partition coefficient (Wildman–Crippen LogP) is 1.75. The molecule has 6 unspecified atom stereocenters. The van der Waals surface area contributed by atoms with Gasteiger partial charge in [-0.1, -0.05) is 18.7 Å². The minimum atomic E-state index is -0.964. The third-order valence-corrected chi connectivity index (χ3v) is 5.42. The van der Waals surface area contributed by atoms with Crippen molar-refractivity contribution in [2.45, 2.75) is 50.9 Å². The third-order valence-electron chi connectivity index (χ3n) is 5.42. The lowest BCUT2D eigenvalue weighted by Gasteiger charge is -2.29. The summed E-state index contributed by atoms with van der Waals surface area (Å²) >= 11 is 0. The highest BCUT2D eigenvalue weighted by molar-refractivity contribution is 5.90. The number of carbonyl (C=O) groups excluding carboxylic acids is 2. The molecule has 5 heteroatoms. The number of aliphatic hydroxyl groups is 1. The van der Waals surface area contributed by atoms with Crippen LogP contribution in [0.4, 0.5) is 0 Å². The Bertz CT molecular complexity index is 561. The van der Waals surface area contributed by atoms with E-state index in [2.05, 4.69) is 13.2 Å². The zero-order chi connectivity index (χ0) is 16.2. The molecule has 1 heterocycles. The van der Waals surface area contributed by atoms with Crippen molar-refractivity contribution in [2.75, 3.05) is 0 Å². The monoisotopic (exact) mass is 306 g/mol. The highest BCUT2D eigenvalue weighted by atomic mass is 16.6. The van der Waals surface area contributed by atoms with Crippen LogP contribution in [-0.2, 0) is 19.1 Å². The molecule has 0 bridgehead atoms. The van der Waals surface area contributed by atoms with Crippen LogP contribution in [0.3, 0.4) is 0 Å². The van der Waals surface area contributed by atoms with Crippen molar-refractivity contribution in [1.29, 1.82) is 0 Å². The van der Waals surface area contributed by atoms with Gasteiger partial charge in [-0.2, -0.15) is 0 Å². The zero-order valence-corrected chi connectivity index (χ0v) is 13.0. The van der Waals surface area contributed by atoms with Gasteiger partial charge in [0.1, 0.15) is 12.2 Å². The summed E-state index contributed by atoms with van der Waals surface area (Å²) in [5.41, 5.74) is 0.392. The van der Waals surface area contributed by atoms with Gasteiger partial charge in [0.25, 0.3) is 0 Å². The number of esters is 2. The van der Waals surface area contributed by atoms with E-state index in [9.17, 15) is 14.7 Å². The molecule has 3 fully saturated rings. The van der Waals surface area contributed by atoms with Gasteiger partial charge in [0.15, 0.2) is 0 Å². The molecule has 6 atom stereocenters. The van der Waals surface area contributed by atoms with Gasteiger partial charge in [-0.3, -0.25) is 4.79 Å². The lowest BCUT2D eigenvalue weighted by Crippen LogP contribution is -2.33. The van der Waals surface area contributed by atoms with Gasteiger partial charge in [0.2, 0.25) is 0 Å². The van der Waals surface area contributed by atoms with E-state index in [1.807, 2.05) is 0 Å². The van der Waals surface area contributed by atoms with E-state index in [0.29, 0.717) is 24.8 Å². The Balaban J connectivity index is 1.93. The Kier molecular flexibility index (Phi) is 3.44. The molecule has 2 saturated carbocycles. The number of ether oxygens (including phenoxy) is 2. The third kappa shape index (κ3) is 2.28. The summed E-state index contributed by atoms with van der Waals surface area (Å²) in [6, 6.07) is 0. The molecular weight excluding hydrogens is 284 g/mol. The summed E-state index contributed by atoms with van der Waals surface area (Å²) in [5.74, 6) is -1.02. The Morgan fingerprint density at radius 1 is 1.45 bits per heavy atom. The van der Waals surface area contributed by atoms with Crippen LogP contribution in [0.25, 0.3) is 0 Å². The number of hydrogen-bond donors (Lipinski definition) is 1. The van der Waals surface area contributed by atoms with Crippen LogP contribution in [0.15, 0.2) is 24.3 Å². The molecule has 0 aromatic heterocycles. The van der Waals surface area contributed by atoms with E-state index in [1.54, 1.807) is 6.92 Å². The molecule has 2 aliphatic carbocycles. The first-order valence-corrected chi connectivity index (χ1v) is 7.67. The molecule has 1 N–H and O–H groups in total. The molecule has 0 aromatic carbocycles. The number of hydrogen-bond acceptors (Lipinski definition) is 5. The molecule has 5 nitrogen and oxygen atoms in total. The average Bonchev–Trinajstić information content (AvgIpc) is 2.71. The standard InChI is InChI=1S/C17H22O5/c1-8-5-13-11(9(2)16(19)22-13)6-12-15(8)14(21-10(3)18)7-17(12,4)20/h11-15,20H,1-2,5-7H2,3-4H3. The molecule has 1 saturated heterocycles. The van der Waals surface area contributed by atoms with E-state index >= 15 is 0 Å². The Hall–Kier alpha value is -1.62. The molecule has 0 spiro atoms. The normalized spacial score (nSPS) is 44.1. The fraction of sp³-hybridized carbons (Fsp3) is 0.647. The highest BCUT2D eigenvalue weighted by Crippen LogP contribution is 2.53. The molecular formula is C17H22O5. The largest absolute Gasteiger partial charge is 0.462 e. The van der Waals surface area contributed by atoms with Crippen LogP contribution in [0.2, 0.25) is 0 Å². The van der Waals surface area contributed by atoms with Crippen molar-refractivity contribution in [2.24, 2.45) is 17.8 Å². The molecule has 0 aromatic rings. The first-order chi connectivity index (χ1) is 10.2. The maximum absolute atomic E-state index is 11.7. The van der Waals surface area contributed by atoms with E-state index in [4.69, 9.17) is 9.47 Å². The van der Waals surface area contributed by atoms with Crippen LogP contribution >= 0.6 is 0 Å². The highest BCUT2D eigenvalue weighted by Gasteiger charge is 2.57. The summed E-state index contributed by atoms with van der Waals surface area (Å²) in [7, 11) is 0. The summed E-state index contributed by atoms with van der Waals surface area (Å²) in [5, 5.41) is 10.8. The van der Waals surface area contributed by atoms with Gasteiger partial charge in [-0.25, -0.2) is 4.79 Å². The van der Waals surface area contributed by atoms with Crippen LogP contribution < -0.4 is 0 Å². The maximum Gasteiger partial charge on any atom is 0.334 e. The average molecular weight is 306 g/mol. The van der Waals surface area contributed by atoms with Gasteiger partial charge in [-0.05, 0) is 19.3 Å². The topological polar surface area (TPSA) is 72.8 Å². The molecule has 3 aliphatic rings. The lowest BCUT2D eigenvalue weighted by atomic mass is 9.78. The van der Waals surface area contributed by atoms with Crippen molar-refractivity contribution >= 4 is 11.9 Å². The van der Waals surface area contributed by atoms with E-state index in [0.717, 1.165) is 5.57 Å². The first kappa shape index (κ1) is 15.3. The van der Waals surface area contributed by atoms with Gasteiger partial charge in [-0.15, -0.1) is 0 Å². The second kappa shape index (κ2) is 4.95. The Labute approximate surface area is 130 Å². The summed E-state index contributed by atoms with van der Waals surface area (Å²) in [6.45, 7) is 11.1. The molecule has 0 radical (unpaired) electrons. The van der Waals surface area contributed by atoms with Gasteiger partial charge < -0.3 is 14.6 Å². The fourth-order valence-corrected chi connectivity index (χ4v) is 4.42. The Morgan fingerprint density at radius 2 is 2.14 bits per heavy atom. The van der Waals surface area contributed by atoms with E-state index in [-0.39, 0.29) is 41.9 Å². The Morgan fingerprint density at radius 3 is 2.77 bits per heavy atom. The van der Waals surface area contributed by atoms with Crippen LogP contribution in [0.1, 0.15) is 33.1 Å². The maximum atomic E-state index is 11.7. The SMILES string of the molecule is C=C1C(=O)OC2CC(=C)C3C(OC(C)=O)CC(C)(O)C3CC12. The molecule has 0 amide bonds. The minimum Gasteiger partial charge on any atom is -0.462 e. The lowest BCUT2D eigenvalue weighted by molar-refractivity contribution is -0.148. The van der Waals surface area contributed by atoms with Crippen molar-refractivity contribution < 1.29 is 24.2 Å². The summed E-state index contributed by atoms with van der Waals surface area (Å²) in [4.78, 5) is 23.1. The molecule has 1 aliphatic heterocycles. The first-order valence-electron chi connectivity index (χ1n) is 7.67. The smallest absolute Gasteiger partial charge is 0.334 e. The summed E-state index contributed by atoms with van der Waals surface area (Å²) < 4.78 is 10.8. The number of carbonyl (C=O) groups is 2. The summed E-state index contributed by atoms with van der Waals surface area (Å²) in [6.07, 6.45) is 0.896. The predicted molar refractivity (Wildman–Crippen MR) is 78.7 cm³/mol. The van der Waals surface area contributed by atoms with E-state index in [1.165, 1.54) is 6.92 Å². The van der Waals surface area contributed by atoms with Crippen molar-refractivity contribution in [3.63, 3.8) is 0 Å². The quantitative estimate of drug-likeness (QED) is 0.454. The molecule has 120 valence electrons. The number of fused-ring (bicyclic) bond motifs is 2. The van der Waals surface area contributed by atoms with Crippen LogP contribution in [0, 0.1) is 17.8 Å². The van der Waals surface area contributed by atoms with Crippen molar-refractivity contribution in [1.82, 2.24) is 0 Å². The van der Waals surface area contributed by atoms with Gasteiger partial charge in [0, 0.05) is 37.2 Å². The van der Waals surface area contributed by atoms with E-state index < -0.39 is 5.60 Å². The second-order valence-electron chi connectivity index (χ2n) is 7.02. The van der Waals surface area contributed by atoms with Crippen LogP contribution in [0.5, 0.6) is 0 Å². The van der Waals surface area contributed by atoms with Crippen molar-refractivity contribution in [3.8, 4) is 0 Å². The van der Waals surface area contributed by atoms with Crippen LogP contribution in [-0.4, -0.2) is 34.9 Å².